The summed E-state index contributed by atoms with van der Waals surface area (Å²) in [5.74, 6) is 0. The van der Waals surface area contributed by atoms with Gasteiger partial charge in [-0.2, -0.15) is 0 Å². The lowest BCUT2D eigenvalue weighted by Gasteiger charge is -2.08. The lowest BCUT2D eigenvalue weighted by Crippen LogP contribution is -1.99. The topological polar surface area (TPSA) is 12.0 Å². The van der Waals surface area contributed by atoms with Crippen molar-refractivity contribution in [1.29, 1.82) is 0 Å². The Morgan fingerprint density at radius 3 is 2.73 bits per heavy atom. The zero-order chi connectivity index (χ0) is 8.27. The highest BCUT2D eigenvalue weighted by atomic mass is 14.9. The van der Waals surface area contributed by atoms with E-state index in [1.54, 1.807) is 0 Å². The molecule has 1 nitrogen and oxygen atoms in total. The first kappa shape index (κ1) is 8.12. The molecule has 1 aromatic carbocycles. The maximum Gasteiger partial charge on any atom is 0.0372 e. The van der Waals surface area contributed by atoms with Crippen LogP contribution in [-0.4, -0.2) is 6.54 Å². The second-order valence-corrected chi connectivity index (χ2v) is 2.78. The van der Waals surface area contributed by atoms with E-state index in [-0.39, 0.29) is 1.43 Å². The maximum absolute atomic E-state index is 3.32. The zero-order valence-corrected chi connectivity index (χ0v) is 7.44. The van der Waals surface area contributed by atoms with Crippen molar-refractivity contribution in [1.82, 2.24) is 0 Å². The molecule has 0 aliphatic carbocycles. The van der Waals surface area contributed by atoms with Crippen molar-refractivity contribution in [3.63, 3.8) is 0 Å². The van der Waals surface area contributed by atoms with Crippen LogP contribution in [0, 0.1) is 13.8 Å². The molecule has 1 rings (SSSR count). The number of nitrogens with one attached hydrogen (secondary N) is 1. The van der Waals surface area contributed by atoms with Crippen molar-refractivity contribution >= 4 is 5.69 Å². The van der Waals surface area contributed by atoms with Crippen LogP contribution in [0.2, 0.25) is 0 Å². The number of rotatable bonds is 2. The van der Waals surface area contributed by atoms with Gasteiger partial charge in [-0.15, -0.1) is 0 Å². The van der Waals surface area contributed by atoms with Gasteiger partial charge in [0, 0.05) is 13.7 Å². The van der Waals surface area contributed by atoms with E-state index >= 15 is 0 Å². The monoisotopic (exact) mass is 151 g/mol. The van der Waals surface area contributed by atoms with E-state index in [0.717, 1.165) is 6.54 Å². The molecular formula is C10H17N. The summed E-state index contributed by atoms with van der Waals surface area (Å²) in [7, 11) is 0. The number of benzene rings is 1. The Bertz CT molecular complexity index is 246. The Morgan fingerprint density at radius 2 is 2.09 bits per heavy atom. The highest BCUT2D eigenvalue weighted by Crippen LogP contribution is 2.17. The minimum atomic E-state index is 0. The minimum absolute atomic E-state index is 0. The molecule has 0 aliphatic heterocycles. The first-order valence-electron chi connectivity index (χ1n) is 4.05. The van der Waals surface area contributed by atoms with Crippen LogP contribution < -0.4 is 5.32 Å². The quantitative estimate of drug-likeness (QED) is 0.685. The third-order valence-corrected chi connectivity index (χ3v) is 1.97. The van der Waals surface area contributed by atoms with E-state index in [2.05, 4.69) is 44.3 Å². The molecule has 0 radical (unpaired) electrons. The Hall–Kier alpha value is -0.980. The van der Waals surface area contributed by atoms with E-state index < -0.39 is 0 Å². The van der Waals surface area contributed by atoms with Crippen LogP contribution in [0.3, 0.4) is 0 Å². The van der Waals surface area contributed by atoms with Gasteiger partial charge in [-0.05, 0) is 38.0 Å². The van der Waals surface area contributed by atoms with E-state index in [0.29, 0.717) is 0 Å². The zero-order valence-electron chi connectivity index (χ0n) is 7.44. The van der Waals surface area contributed by atoms with E-state index in [1.165, 1.54) is 16.8 Å². The summed E-state index contributed by atoms with van der Waals surface area (Å²) < 4.78 is 0. The minimum Gasteiger partial charge on any atom is -0.385 e. The van der Waals surface area contributed by atoms with Gasteiger partial charge in [0.05, 0.1) is 0 Å². The van der Waals surface area contributed by atoms with E-state index in [4.69, 9.17) is 0 Å². The summed E-state index contributed by atoms with van der Waals surface area (Å²) in [6.45, 7) is 7.38. The maximum atomic E-state index is 3.32. The fraction of sp³-hybridized carbons (Fsp3) is 0.400. The van der Waals surface area contributed by atoms with Gasteiger partial charge < -0.3 is 5.32 Å². The molecule has 1 aromatic rings. The summed E-state index contributed by atoms with van der Waals surface area (Å²) in [5.41, 5.74) is 3.96. The van der Waals surface area contributed by atoms with Gasteiger partial charge in [0.15, 0.2) is 0 Å². The molecule has 0 unspecified atom stereocenters. The van der Waals surface area contributed by atoms with E-state index in [9.17, 15) is 0 Å². The number of aryl methyl sites for hydroxylation is 1. The molecule has 1 heteroatoms. The summed E-state index contributed by atoms with van der Waals surface area (Å²) in [6.07, 6.45) is 0. The molecule has 0 bridgehead atoms. The molecule has 0 saturated carbocycles. The van der Waals surface area contributed by atoms with Crippen LogP contribution in [0.25, 0.3) is 0 Å². The summed E-state index contributed by atoms with van der Waals surface area (Å²) in [4.78, 5) is 0. The fourth-order valence-electron chi connectivity index (χ4n) is 1.13. The molecule has 62 valence electrons. The van der Waals surface area contributed by atoms with Gasteiger partial charge in [0.2, 0.25) is 0 Å². The largest absolute Gasteiger partial charge is 0.385 e. The first-order valence-corrected chi connectivity index (χ1v) is 4.05. The molecule has 0 heterocycles. The molecular weight excluding hydrogens is 134 g/mol. The molecule has 0 aromatic heterocycles. The predicted molar refractivity (Wildman–Crippen MR) is 52.2 cm³/mol. The van der Waals surface area contributed by atoms with Crippen LogP contribution in [-0.2, 0) is 0 Å². The SMILES string of the molecule is CCNc1cccc(C)c1C.[HH]. The first-order chi connectivity index (χ1) is 5.25. The molecule has 0 aliphatic rings. The summed E-state index contributed by atoms with van der Waals surface area (Å²) in [6, 6.07) is 6.34. The number of hydrogen-bond donors (Lipinski definition) is 1. The van der Waals surface area contributed by atoms with Crippen LogP contribution >= 0.6 is 0 Å². The Balaban J connectivity index is 0.00000121. The Labute approximate surface area is 69.9 Å². The van der Waals surface area contributed by atoms with Crippen LogP contribution in [0.5, 0.6) is 0 Å². The average molecular weight is 151 g/mol. The van der Waals surface area contributed by atoms with Crippen molar-refractivity contribution < 1.29 is 1.43 Å². The van der Waals surface area contributed by atoms with Gasteiger partial charge >= 0.3 is 0 Å². The lowest BCUT2D eigenvalue weighted by molar-refractivity contribution is 1.19. The molecule has 0 fully saturated rings. The van der Waals surface area contributed by atoms with Gasteiger partial charge in [0.25, 0.3) is 0 Å². The standard InChI is InChI=1S/C10H15N.H2/c1-4-11-10-7-5-6-8(2)9(10)3;/h5-7,11H,4H2,1-3H3;1H. The highest BCUT2D eigenvalue weighted by molar-refractivity contribution is 5.53. The van der Waals surface area contributed by atoms with Gasteiger partial charge in [-0.25, -0.2) is 0 Å². The molecule has 0 spiro atoms. The fourth-order valence-corrected chi connectivity index (χ4v) is 1.13. The normalized spacial score (nSPS) is 9.73. The molecule has 0 amide bonds. The summed E-state index contributed by atoms with van der Waals surface area (Å²) in [5, 5.41) is 3.32. The highest BCUT2D eigenvalue weighted by Gasteiger charge is 1.96. The lowest BCUT2D eigenvalue weighted by atomic mass is 10.1. The van der Waals surface area contributed by atoms with Crippen molar-refractivity contribution in [2.75, 3.05) is 11.9 Å². The third-order valence-electron chi connectivity index (χ3n) is 1.97. The second-order valence-electron chi connectivity index (χ2n) is 2.78. The van der Waals surface area contributed by atoms with Crippen molar-refractivity contribution in [2.24, 2.45) is 0 Å². The van der Waals surface area contributed by atoms with E-state index in [1.807, 2.05) is 0 Å². The summed E-state index contributed by atoms with van der Waals surface area (Å²) >= 11 is 0. The van der Waals surface area contributed by atoms with Crippen molar-refractivity contribution in [2.45, 2.75) is 20.8 Å². The molecule has 1 N–H and O–H groups in total. The Kier molecular flexibility index (Phi) is 2.53. The van der Waals surface area contributed by atoms with Crippen molar-refractivity contribution in [3.05, 3.63) is 29.3 Å². The van der Waals surface area contributed by atoms with Gasteiger partial charge in [-0.3, -0.25) is 0 Å². The predicted octanol–water partition coefficient (Wildman–Crippen LogP) is 2.98. The Morgan fingerprint density at radius 1 is 1.36 bits per heavy atom. The van der Waals surface area contributed by atoms with Gasteiger partial charge in [0.1, 0.15) is 0 Å². The van der Waals surface area contributed by atoms with Crippen molar-refractivity contribution in [3.8, 4) is 0 Å². The van der Waals surface area contributed by atoms with Crippen LogP contribution in [0.4, 0.5) is 5.69 Å². The number of anilines is 1. The molecule has 11 heavy (non-hydrogen) atoms. The van der Waals surface area contributed by atoms with Gasteiger partial charge in [-0.1, -0.05) is 12.1 Å². The second kappa shape index (κ2) is 3.42. The molecule has 0 atom stereocenters. The third kappa shape index (κ3) is 1.73. The molecule has 0 saturated heterocycles. The van der Waals surface area contributed by atoms with Crippen LogP contribution in [0.1, 0.15) is 19.5 Å². The van der Waals surface area contributed by atoms with Crippen LogP contribution in [0.15, 0.2) is 18.2 Å². The number of hydrogen-bond acceptors (Lipinski definition) is 1. The smallest absolute Gasteiger partial charge is 0.0372 e. The average Bonchev–Trinajstić information content (AvgIpc) is 1.99.